The van der Waals surface area contributed by atoms with E-state index in [2.05, 4.69) is 21.9 Å². The molecule has 0 saturated carbocycles. The lowest BCUT2D eigenvalue weighted by Crippen LogP contribution is -1.99. The van der Waals surface area contributed by atoms with Crippen molar-refractivity contribution in [3.63, 3.8) is 0 Å². The van der Waals surface area contributed by atoms with E-state index in [0.29, 0.717) is 12.4 Å². The molecule has 0 unspecified atom stereocenters. The van der Waals surface area contributed by atoms with Gasteiger partial charge >= 0.3 is 0 Å². The molecule has 0 aliphatic rings. The molecule has 15 heavy (non-hydrogen) atoms. The first-order chi connectivity index (χ1) is 7.31. The van der Waals surface area contributed by atoms with Crippen LogP contribution in [0.15, 0.2) is 39.5 Å². The highest BCUT2D eigenvalue weighted by atomic mass is 15.2. The van der Waals surface area contributed by atoms with E-state index >= 15 is 0 Å². The van der Waals surface area contributed by atoms with Gasteiger partial charge in [-0.2, -0.15) is 0 Å². The summed E-state index contributed by atoms with van der Waals surface area (Å²) in [6, 6.07) is 7.54. The molecule has 0 aromatic heterocycles. The minimum absolute atomic E-state index is 0.431. The minimum Gasteiger partial charge on any atom is -0.388 e. The van der Waals surface area contributed by atoms with Crippen molar-refractivity contribution >= 4 is 18.9 Å². The monoisotopic (exact) mass is 203 g/mol. The van der Waals surface area contributed by atoms with Crippen molar-refractivity contribution in [3.05, 3.63) is 35.4 Å². The summed E-state index contributed by atoms with van der Waals surface area (Å²) >= 11 is 0. The Morgan fingerprint density at radius 3 is 2.47 bits per heavy atom. The summed E-state index contributed by atoms with van der Waals surface area (Å²) in [7, 11) is 0. The van der Waals surface area contributed by atoms with Gasteiger partial charge in [0, 0.05) is 12.1 Å². The second kappa shape index (κ2) is 5.66. The largest absolute Gasteiger partial charge is 0.388 e. The maximum Gasteiger partial charge on any atom is 0.181 e. The van der Waals surface area contributed by atoms with Crippen LogP contribution in [-0.2, 0) is 6.54 Å². The average molecular weight is 203 g/mol. The molecule has 1 rings (SSSR count). The highest BCUT2D eigenvalue weighted by molar-refractivity contribution is 6.01. The van der Waals surface area contributed by atoms with Crippen LogP contribution in [0.5, 0.6) is 0 Å². The lowest BCUT2D eigenvalue weighted by Gasteiger charge is -2.00. The molecule has 0 saturated heterocycles. The summed E-state index contributed by atoms with van der Waals surface area (Å²) in [5, 5.41) is 7.33. The Kier molecular flexibility index (Phi) is 4.18. The maximum absolute atomic E-state index is 5.48. The molecule has 0 heterocycles. The summed E-state index contributed by atoms with van der Waals surface area (Å²) in [6.45, 7) is 3.92. The zero-order chi connectivity index (χ0) is 11.1. The van der Waals surface area contributed by atoms with Gasteiger partial charge < -0.3 is 11.5 Å². The van der Waals surface area contributed by atoms with Crippen molar-refractivity contribution < 1.29 is 0 Å². The van der Waals surface area contributed by atoms with Crippen molar-refractivity contribution in [1.82, 2.24) is 0 Å². The molecule has 0 fully saturated rings. The van der Waals surface area contributed by atoms with E-state index < -0.39 is 0 Å². The SMILES string of the molecule is C=N/C(=N\N=C/N)c1ccc(CN)cc1. The van der Waals surface area contributed by atoms with Gasteiger partial charge in [-0.25, -0.2) is 4.99 Å². The molecule has 78 valence electrons. The standard InChI is InChI=1S/C10H13N5/c1-13-10(15-14-7-12)9-4-2-8(6-11)3-5-9/h2-5,7H,1,6,11H2,(H2,12,14)/b15-10-. The van der Waals surface area contributed by atoms with Crippen LogP contribution < -0.4 is 11.5 Å². The van der Waals surface area contributed by atoms with Crippen molar-refractivity contribution in [1.29, 1.82) is 0 Å². The molecule has 1 aromatic carbocycles. The fourth-order valence-electron chi connectivity index (χ4n) is 1.06. The van der Waals surface area contributed by atoms with Gasteiger partial charge in [0.05, 0.1) is 0 Å². The Morgan fingerprint density at radius 2 is 2.00 bits per heavy atom. The summed E-state index contributed by atoms with van der Waals surface area (Å²) < 4.78 is 0. The third kappa shape index (κ3) is 2.99. The summed E-state index contributed by atoms with van der Waals surface area (Å²) in [6.07, 6.45) is 1.10. The van der Waals surface area contributed by atoms with Crippen molar-refractivity contribution in [2.75, 3.05) is 0 Å². The quantitative estimate of drug-likeness (QED) is 0.425. The van der Waals surface area contributed by atoms with Gasteiger partial charge in [0.1, 0.15) is 6.34 Å². The van der Waals surface area contributed by atoms with E-state index in [9.17, 15) is 0 Å². The fraction of sp³-hybridized carbons (Fsp3) is 0.100. The van der Waals surface area contributed by atoms with Gasteiger partial charge in [-0.05, 0) is 12.3 Å². The zero-order valence-corrected chi connectivity index (χ0v) is 8.30. The van der Waals surface area contributed by atoms with E-state index in [1.807, 2.05) is 24.3 Å². The van der Waals surface area contributed by atoms with Gasteiger partial charge in [-0.1, -0.05) is 24.3 Å². The van der Waals surface area contributed by atoms with Gasteiger partial charge in [0.15, 0.2) is 5.84 Å². The smallest absolute Gasteiger partial charge is 0.181 e. The average Bonchev–Trinajstić information content (AvgIpc) is 2.31. The molecular formula is C10H13N5. The van der Waals surface area contributed by atoms with E-state index in [1.54, 1.807) is 0 Å². The number of nitrogens with zero attached hydrogens (tertiary/aromatic N) is 3. The maximum atomic E-state index is 5.48. The van der Waals surface area contributed by atoms with Crippen molar-refractivity contribution in [2.24, 2.45) is 26.7 Å². The highest BCUT2D eigenvalue weighted by Crippen LogP contribution is 2.06. The molecule has 5 heteroatoms. The van der Waals surface area contributed by atoms with Crippen LogP contribution in [0, 0.1) is 0 Å². The summed E-state index contributed by atoms with van der Waals surface area (Å²) in [5.41, 5.74) is 12.4. The molecule has 0 bridgehead atoms. The second-order valence-corrected chi connectivity index (χ2v) is 2.75. The van der Waals surface area contributed by atoms with E-state index in [1.165, 1.54) is 0 Å². The van der Waals surface area contributed by atoms with Gasteiger partial charge in [0.2, 0.25) is 0 Å². The van der Waals surface area contributed by atoms with Crippen LogP contribution in [0.2, 0.25) is 0 Å². The zero-order valence-electron chi connectivity index (χ0n) is 8.30. The number of benzene rings is 1. The van der Waals surface area contributed by atoms with E-state index in [4.69, 9.17) is 11.5 Å². The molecule has 0 amide bonds. The second-order valence-electron chi connectivity index (χ2n) is 2.75. The predicted molar refractivity (Wildman–Crippen MR) is 63.1 cm³/mol. The predicted octanol–water partition coefficient (Wildman–Crippen LogP) is 0.494. The van der Waals surface area contributed by atoms with Crippen molar-refractivity contribution in [3.8, 4) is 0 Å². The first kappa shape index (κ1) is 11.1. The minimum atomic E-state index is 0.431. The number of aliphatic imine (C=N–C) groups is 1. The highest BCUT2D eigenvalue weighted by Gasteiger charge is 1.99. The number of rotatable bonds is 3. The number of amidine groups is 1. The lowest BCUT2D eigenvalue weighted by molar-refractivity contribution is 1.07. The Labute approximate surface area is 88.2 Å². The Bertz CT molecular complexity index is 377. The molecular weight excluding hydrogens is 190 g/mol. The third-order valence-electron chi connectivity index (χ3n) is 1.82. The van der Waals surface area contributed by atoms with Crippen LogP contribution in [-0.4, -0.2) is 18.9 Å². The van der Waals surface area contributed by atoms with Gasteiger partial charge in [0.25, 0.3) is 0 Å². The van der Waals surface area contributed by atoms with Crippen LogP contribution in [0.25, 0.3) is 0 Å². The molecule has 0 spiro atoms. The van der Waals surface area contributed by atoms with E-state index in [0.717, 1.165) is 17.5 Å². The number of nitrogens with two attached hydrogens (primary N) is 2. The number of hydrogen-bond acceptors (Lipinski definition) is 3. The Balaban J connectivity index is 2.97. The number of hydrogen-bond donors (Lipinski definition) is 2. The molecule has 5 nitrogen and oxygen atoms in total. The van der Waals surface area contributed by atoms with Crippen LogP contribution >= 0.6 is 0 Å². The van der Waals surface area contributed by atoms with E-state index in [-0.39, 0.29) is 0 Å². The van der Waals surface area contributed by atoms with Crippen LogP contribution in [0.4, 0.5) is 0 Å². The molecule has 4 N–H and O–H groups in total. The lowest BCUT2D eigenvalue weighted by atomic mass is 10.1. The Morgan fingerprint density at radius 1 is 1.33 bits per heavy atom. The van der Waals surface area contributed by atoms with Crippen LogP contribution in [0.3, 0.4) is 0 Å². The molecule has 1 aromatic rings. The third-order valence-corrected chi connectivity index (χ3v) is 1.82. The van der Waals surface area contributed by atoms with Gasteiger partial charge in [-0.15, -0.1) is 10.2 Å². The summed E-state index contributed by atoms with van der Waals surface area (Å²) in [5.74, 6) is 0.431. The topological polar surface area (TPSA) is 89.1 Å². The molecule has 0 atom stereocenters. The first-order valence-corrected chi connectivity index (χ1v) is 4.39. The van der Waals surface area contributed by atoms with Crippen molar-refractivity contribution in [2.45, 2.75) is 6.54 Å². The fourth-order valence-corrected chi connectivity index (χ4v) is 1.06. The molecule has 0 aliphatic carbocycles. The summed E-state index contributed by atoms with van der Waals surface area (Å²) in [4.78, 5) is 3.75. The molecule has 0 aliphatic heterocycles. The first-order valence-electron chi connectivity index (χ1n) is 4.39. The van der Waals surface area contributed by atoms with Gasteiger partial charge in [-0.3, -0.25) is 0 Å². The Hall–Kier alpha value is -2.01. The molecule has 0 radical (unpaired) electrons. The normalized spacial score (nSPS) is 11.9. The van der Waals surface area contributed by atoms with Crippen LogP contribution in [0.1, 0.15) is 11.1 Å².